The highest BCUT2D eigenvalue weighted by molar-refractivity contribution is 6.10. The molecule has 9 nitrogen and oxygen atoms in total. The molecule has 0 atom stereocenters. The van der Waals surface area contributed by atoms with Crippen LogP contribution in [-0.4, -0.2) is 80.0 Å². The summed E-state index contributed by atoms with van der Waals surface area (Å²) >= 11 is 0. The van der Waals surface area contributed by atoms with Gasteiger partial charge in [0.25, 0.3) is 11.8 Å². The molecule has 2 heterocycles. The molecule has 0 saturated carbocycles. The van der Waals surface area contributed by atoms with Crippen LogP contribution in [0.4, 0.5) is 11.4 Å². The van der Waals surface area contributed by atoms with Gasteiger partial charge >= 0.3 is 0 Å². The second-order valence-corrected chi connectivity index (χ2v) is 11.6. The van der Waals surface area contributed by atoms with Crippen molar-refractivity contribution in [3.63, 3.8) is 0 Å². The first kappa shape index (κ1) is 34.7. The number of ketones is 1. The number of hydrogen-bond donors (Lipinski definition) is 2. The average Bonchev–Trinajstić information content (AvgIpc) is 3.14. The van der Waals surface area contributed by atoms with E-state index in [2.05, 4.69) is 20.4 Å². The molecule has 2 aliphatic heterocycles. The van der Waals surface area contributed by atoms with Gasteiger partial charge in [-0.3, -0.25) is 24.2 Å². The van der Waals surface area contributed by atoms with Crippen molar-refractivity contribution in [2.24, 2.45) is 0 Å². The zero-order chi connectivity index (χ0) is 33.7. The van der Waals surface area contributed by atoms with Crippen molar-refractivity contribution in [1.29, 1.82) is 0 Å². The van der Waals surface area contributed by atoms with E-state index in [4.69, 9.17) is 9.47 Å². The lowest BCUT2D eigenvalue weighted by Gasteiger charge is -2.26. The highest BCUT2D eigenvalue weighted by Crippen LogP contribution is 2.19. The van der Waals surface area contributed by atoms with E-state index < -0.39 is 0 Å². The Morgan fingerprint density at radius 1 is 0.500 bits per heavy atom. The van der Waals surface area contributed by atoms with E-state index in [9.17, 15) is 14.4 Å². The van der Waals surface area contributed by atoms with Gasteiger partial charge in [0.2, 0.25) is 0 Å². The van der Waals surface area contributed by atoms with Crippen molar-refractivity contribution >= 4 is 29.0 Å². The molecule has 48 heavy (non-hydrogen) atoms. The van der Waals surface area contributed by atoms with Gasteiger partial charge in [-0.05, 0) is 83.9 Å². The predicted octanol–water partition coefficient (Wildman–Crippen LogP) is 6.11. The van der Waals surface area contributed by atoms with E-state index >= 15 is 0 Å². The Morgan fingerprint density at radius 2 is 0.812 bits per heavy atom. The Morgan fingerprint density at radius 3 is 1.15 bits per heavy atom. The first-order chi connectivity index (χ1) is 23.5. The number of amides is 2. The molecule has 2 amide bonds. The van der Waals surface area contributed by atoms with Gasteiger partial charge in [0.1, 0.15) is 0 Å². The highest BCUT2D eigenvalue weighted by atomic mass is 16.5. The zero-order valence-corrected chi connectivity index (χ0v) is 27.7. The van der Waals surface area contributed by atoms with Crippen LogP contribution in [0.25, 0.3) is 0 Å². The molecular weight excluding hydrogens is 604 g/mol. The predicted molar refractivity (Wildman–Crippen MR) is 189 cm³/mol. The number of ether oxygens (including phenoxy) is 2. The summed E-state index contributed by atoms with van der Waals surface area (Å²) in [6.45, 7) is 12.3. The largest absolute Gasteiger partial charge is 0.379 e. The fourth-order valence-electron chi connectivity index (χ4n) is 5.54. The summed E-state index contributed by atoms with van der Waals surface area (Å²) in [6.07, 6.45) is 0. The third-order valence-corrected chi connectivity index (χ3v) is 8.26. The second-order valence-electron chi connectivity index (χ2n) is 11.6. The molecule has 2 saturated heterocycles. The monoisotopic (exact) mass is 648 g/mol. The summed E-state index contributed by atoms with van der Waals surface area (Å²) in [6, 6.07) is 28.9. The van der Waals surface area contributed by atoms with Crippen molar-refractivity contribution in [3.05, 3.63) is 130 Å². The maximum Gasteiger partial charge on any atom is 0.255 e. The Balaban J connectivity index is 0.00000221. The first-order valence-corrected chi connectivity index (χ1v) is 16.7. The molecule has 4 aromatic carbocycles. The number of carbonyl (C=O) groups excluding carboxylic acids is 3. The Bertz CT molecular complexity index is 1500. The number of hydrogen-bond acceptors (Lipinski definition) is 7. The van der Waals surface area contributed by atoms with E-state index in [0.29, 0.717) is 33.6 Å². The quantitative estimate of drug-likeness (QED) is 0.200. The van der Waals surface area contributed by atoms with Crippen LogP contribution in [0.2, 0.25) is 0 Å². The van der Waals surface area contributed by atoms with Crippen LogP contribution in [0, 0.1) is 0 Å². The Kier molecular flexibility index (Phi) is 12.6. The summed E-state index contributed by atoms with van der Waals surface area (Å²) in [5.74, 6) is -0.570. The molecule has 0 spiro atoms. The fourth-order valence-corrected chi connectivity index (χ4v) is 5.54. The molecule has 0 bridgehead atoms. The lowest BCUT2D eigenvalue weighted by Crippen LogP contribution is -2.35. The van der Waals surface area contributed by atoms with Crippen molar-refractivity contribution in [2.45, 2.75) is 26.9 Å². The number of rotatable bonds is 10. The number of nitrogens with one attached hydrogen (secondary N) is 2. The molecule has 0 radical (unpaired) electrons. The Labute approximate surface area is 282 Å². The molecule has 0 aromatic heterocycles. The molecule has 2 aliphatic rings. The molecule has 0 unspecified atom stereocenters. The van der Waals surface area contributed by atoms with Gasteiger partial charge in [-0.25, -0.2) is 0 Å². The van der Waals surface area contributed by atoms with Gasteiger partial charge in [0.05, 0.1) is 26.4 Å². The number of nitrogens with zero attached hydrogens (tertiary/aromatic N) is 2. The van der Waals surface area contributed by atoms with E-state index in [0.717, 1.165) is 76.8 Å². The van der Waals surface area contributed by atoms with Crippen LogP contribution < -0.4 is 10.6 Å². The van der Waals surface area contributed by atoms with Crippen molar-refractivity contribution in [1.82, 2.24) is 9.80 Å². The normalized spacial score (nSPS) is 15.1. The van der Waals surface area contributed by atoms with E-state index in [-0.39, 0.29) is 17.6 Å². The second kappa shape index (κ2) is 17.5. The number of anilines is 2. The lowest BCUT2D eigenvalue weighted by atomic mass is 10.0. The third-order valence-electron chi connectivity index (χ3n) is 8.26. The first-order valence-electron chi connectivity index (χ1n) is 16.7. The van der Waals surface area contributed by atoms with Gasteiger partial charge in [-0.2, -0.15) is 0 Å². The van der Waals surface area contributed by atoms with Crippen LogP contribution in [-0.2, 0) is 22.6 Å². The molecular formula is C39H44N4O5. The number of morpholine rings is 2. The molecule has 6 rings (SSSR count). The number of carbonyl (C=O) groups is 3. The highest BCUT2D eigenvalue weighted by Gasteiger charge is 2.15. The minimum atomic E-state index is -0.210. The van der Waals surface area contributed by atoms with Gasteiger partial charge in [0.15, 0.2) is 5.78 Å². The zero-order valence-electron chi connectivity index (χ0n) is 27.7. The molecule has 4 aromatic rings. The summed E-state index contributed by atoms with van der Waals surface area (Å²) in [7, 11) is 0. The SMILES string of the molecule is CC.O=C(Nc1ccc(C(=O)c2ccc(NC(=O)c3ccc(CN4CCOCC4)cc3)cc2)cc1)c1ccc(CN2CCOCC2)cc1. The fraction of sp³-hybridized carbons (Fsp3) is 0.308. The van der Waals surface area contributed by atoms with Gasteiger partial charge in [-0.15, -0.1) is 0 Å². The minimum absolute atomic E-state index is 0.150. The van der Waals surface area contributed by atoms with Crippen LogP contribution >= 0.6 is 0 Å². The summed E-state index contributed by atoms with van der Waals surface area (Å²) in [5.41, 5.74) is 5.65. The molecule has 250 valence electrons. The number of benzene rings is 4. The van der Waals surface area contributed by atoms with E-state index in [1.54, 1.807) is 48.5 Å². The smallest absolute Gasteiger partial charge is 0.255 e. The third kappa shape index (κ3) is 9.68. The van der Waals surface area contributed by atoms with E-state index in [1.807, 2.05) is 62.4 Å². The summed E-state index contributed by atoms with van der Waals surface area (Å²) in [5, 5.41) is 5.80. The Hall–Kier alpha value is -4.67. The van der Waals surface area contributed by atoms with E-state index in [1.165, 1.54) is 0 Å². The molecule has 2 fully saturated rings. The lowest BCUT2D eigenvalue weighted by molar-refractivity contribution is 0.0341. The molecule has 0 aliphatic carbocycles. The average molecular weight is 649 g/mol. The summed E-state index contributed by atoms with van der Waals surface area (Å²) in [4.78, 5) is 43.4. The van der Waals surface area contributed by atoms with Crippen LogP contribution in [0.1, 0.15) is 61.6 Å². The van der Waals surface area contributed by atoms with Crippen LogP contribution in [0.5, 0.6) is 0 Å². The van der Waals surface area contributed by atoms with Crippen molar-refractivity contribution < 1.29 is 23.9 Å². The topological polar surface area (TPSA) is 100 Å². The maximum absolute atomic E-state index is 13.1. The van der Waals surface area contributed by atoms with Gasteiger partial charge in [-0.1, -0.05) is 38.1 Å². The van der Waals surface area contributed by atoms with Crippen molar-refractivity contribution in [2.75, 3.05) is 63.2 Å². The molecule has 9 heteroatoms. The standard InChI is InChI=1S/C37H38N4O5.C2H6/c42-35(29-9-13-33(14-10-29)38-36(43)31-5-1-27(2-6-31)25-40-17-21-45-22-18-40)30-11-15-34(16-12-30)39-37(44)32-7-3-28(4-8-32)26-41-19-23-46-24-20-41;1-2/h1-16H,17-26H2,(H,38,43)(H,39,44);1-2H3. The molecule has 2 N–H and O–H groups in total. The van der Waals surface area contributed by atoms with Crippen LogP contribution in [0.3, 0.4) is 0 Å². The maximum atomic E-state index is 13.1. The van der Waals surface area contributed by atoms with Crippen molar-refractivity contribution in [3.8, 4) is 0 Å². The van der Waals surface area contributed by atoms with Crippen LogP contribution in [0.15, 0.2) is 97.1 Å². The summed E-state index contributed by atoms with van der Waals surface area (Å²) < 4.78 is 10.8. The van der Waals surface area contributed by atoms with Gasteiger partial charge < -0.3 is 20.1 Å². The minimum Gasteiger partial charge on any atom is -0.379 e. The van der Waals surface area contributed by atoms with Gasteiger partial charge in [0, 0.05) is 72.9 Å².